The van der Waals surface area contributed by atoms with Gasteiger partial charge in [-0.05, 0) is 63.3 Å². The summed E-state index contributed by atoms with van der Waals surface area (Å²) in [7, 11) is 0. The van der Waals surface area contributed by atoms with Crippen molar-refractivity contribution >= 4 is 11.8 Å². The maximum absolute atomic E-state index is 13.5. The fourth-order valence-electron chi connectivity index (χ4n) is 3.91. The van der Waals surface area contributed by atoms with Crippen molar-refractivity contribution < 1.29 is 9.59 Å². The maximum atomic E-state index is 13.5. The van der Waals surface area contributed by atoms with Crippen molar-refractivity contribution in [3.05, 3.63) is 59.4 Å². The minimum absolute atomic E-state index is 0.0211. The predicted molar refractivity (Wildman–Crippen MR) is 131 cm³/mol. The predicted octanol–water partition coefficient (Wildman–Crippen LogP) is 5.40. The smallest absolute Gasteiger partial charge is 0.242 e. The summed E-state index contributed by atoms with van der Waals surface area (Å²) in [6.07, 6.45) is 5.07. The Kier molecular flexibility index (Phi) is 10.0. The third kappa shape index (κ3) is 6.72. The van der Waals surface area contributed by atoms with Gasteiger partial charge in [0.25, 0.3) is 0 Å². The lowest BCUT2D eigenvalue weighted by atomic mass is 10.1. The van der Waals surface area contributed by atoms with Gasteiger partial charge in [0.2, 0.25) is 11.8 Å². The molecule has 0 saturated carbocycles. The van der Waals surface area contributed by atoms with E-state index in [1.807, 2.05) is 24.8 Å². The van der Waals surface area contributed by atoms with E-state index < -0.39 is 0 Å². The molecule has 1 aromatic heterocycles. The molecule has 0 saturated heterocycles. The SMILES string of the molecule is CCCC(=O)N(CC(=O)N(Cc1cccn1Cc1ccccc1C)[C@H](C)CC)[C@H](C)CC. The highest BCUT2D eigenvalue weighted by atomic mass is 16.2. The topological polar surface area (TPSA) is 45.6 Å². The van der Waals surface area contributed by atoms with Crippen molar-refractivity contribution in [1.29, 1.82) is 0 Å². The first kappa shape index (κ1) is 25.7. The van der Waals surface area contributed by atoms with Crippen LogP contribution in [0.25, 0.3) is 0 Å². The first-order chi connectivity index (χ1) is 15.3. The molecule has 1 heterocycles. The molecule has 2 amide bonds. The first-order valence-electron chi connectivity index (χ1n) is 12.1. The molecule has 0 aliphatic rings. The van der Waals surface area contributed by atoms with Crippen molar-refractivity contribution in [2.24, 2.45) is 0 Å². The number of carbonyl (C=O) groups is 2. The standard InChI is InChI=1S/C27H41N3O2/c1-7-13-26(31)30(23(6)9-3)20-27(32)29(22(5)8-2)19-25-16-12-17-28(25)18-24-15-11-10-14-21(24)4/h10-12,14-17,22-23H,7-9,13,18-20H2,1-6H3/t22-,23-/m1/s1. The summed E-state index contributed by atoms with van der Waals surface area (Å²) in [5.74, 6) is 0.0926. The zero-order valence-corrected chi connectivity index (χ0v) is 20.8. The van der Waals surface area contributed by atoms with Gasteiger partial charge in [0, 0.05) is 36.9 Å². The molecule has 0 radical (unpaired) electrons. The van der Waals surface area contributed by atoms with E-state index in [2.05, 4.69) is 68.8 Å². The summed E-state index contributed by atoms with van der Waals surface area (Å²) in [5, 5.41) is 0. The monoisotopic (exact) mass is 439 g/mol. The molecule has 176 valence electrons. The van der Waals surface area contributed by atoms with E-state index in [4.69, 9.17) is 0 Å². The highest BCUT2D eigenvalue weighted by Crippen LogP contribution is 2.17. The van der Waals surface area contributed by atoms with Gasteiger partial charge in [-0.1, -0.05) is 45.0 Å². The van der Waals surface area contributed by atoms with E-state index in [-0.39, 0.29) is 30.4 Å². The zero-order chi connectivity index (χ0) is 23.7. The second-order valence-electron chi connectivity index (χ2n) is 8.86. The average molecular weight is 440 g/mol. The second-order valence-corrected chi connectivity index (χ2v) is 8.86. The summed E-state index contributed by atoms with van der Waals surface area (Å²) < 4.78 is 2.22. The number of amides is 2. The Bertz CT molecular complexity index is 873. The Hall–Kier alpha value is -2.56. The van der Waals surface area contributed by atoms with Gasteiger partial charge in [-0.3, -0.25) is 9.59 Å². The third-order valence-corrected chi connectivity index (χ3v) is 6.51. The number of rotatable bonds is 12. The van der Waals surface area contributed by atoms with Crippen LogP contribution in [-0.4, -0.2) is 44.8 Å². The molecule has 0 N–H and O–H groups in total. The highest BCUT2D eigenvalue weighted by Gasteiger charge is 2.26. The third-order valence-electron chi connectivity index (χ3n) is 6.51. The van der Waals surface area contributed by atoms with Gasteiger partial charge in [0.1, 0.15) is 6.54 Å². The van der Waals surface area contributed by atoms with Crippen LogP contribution in [0.3, 0.4) is 0 Å². The van der Waals surface area contributed by atoms with Gasteiger partial charge < -0.3 is 14.4 Å². The number of carbonyl (C=O) groups excluding carboxylic acids is 2. The van der Waals surface area contributed by atoms with Crippen LogP contribution in [-0.2, 0) is 22.7 Å². The lowest BCUT2D eigenvalue weighted by molar-refractivity contribution is -0.144. The molecule has 5 heteroatoms. The maximum Gasteiger partial charge on any atom is 0.242 e. The summed E-state index contributed by atoms with van der Waals surface area (Å²) in [6, 6.07) is 12.7. The molecule has 5 nitrogen and oxygen atoms in total. The van der Waals surface area contributed by atoms with E-state index >= 15 is 0 Å². The van der Waals surface area contributed by atoms with E-state index in [1.54, 1.807) is 4.90 Å². The van der Waals surface area contributed by atoms with Gasteiger partial charge in [-0.2, -0.15) is 0 Å². The van der Waals surface area contributed by atoms with E-state index in [9.17, 15) is 9.59 Å². The molecular formula is C27H41N3O2. The summed E-state index contributed by atoms with van der Waals surface area (Å²) in [5.41, 5.74) is 3.65. The van der Waals surface area contributed by atoms with Crippen LogP contribution in [0.4, 0.5) is 0 Å². The van der Waals surface area contributed by atoms with Gasteiger partial charge in [0.05, 0.1) is 6.54 Å². The van der Waals surface area contributed by atoms with Crippen LogP contribution in [0.5, 0.6) is 0 Å². The molecule has 2 rings (SSSR count). The first-order valence-corrected chi connectivity index (χ1v) is 12.1. The van der Waals surface area contributed by atoms with Crippen LogP contribution in [0.1, 0.15) is 77.1 Å². The van der Waals surface area contributed by atoms with Gasteiger partial charge in [-0.15, -0.1) is 0 Å². The van der Waals surface area contributed by atoms with Gasteiger partial charge >= 0.3 is 0 Å². The quantitative estimate of drug-likeness (QED) is 0.444. The minimum atomic E-state index is 0.0211. The molecule has 0 bridgehead atoms. The van der Waals surface area contributed by atoms with Crippen LogP contribution in [0.2, 0.25) is 0 Å². The van der Waals surface area contributed by atoms with Gasteiger partial charge in [-0.25, -0.2) is 0 Å². The largest absolute Gasteiger partial charge is 0.345 e. The van der Waals surface area contributed by atoms with E-state index in [0.717, 1.165) is 31.5 Å². The second kappa shape index (κ2) is 12.5. The molecule has 2 aromatic rings. The summed E-state index contributed by atoms with van der Waals surface area (Å²) in [4.78, 5) is 29.9. The van der Waals surface area contributed by atoms with Crippen LogP contribution >= 0.6 is 0 Å². The Morgan fingerprint density at radius 2 is 1.56 bits per heavy atom. The molecule has 0 aliphatic heterocycles. The molecular weight excluding hydrogens is 398 g/mol. The van der Waals surface area contributed by atoms with Crippen LogP contribution < -0.4 is 0 Å². The number of nitrogens with zero attached hydrogens (tertiary/aromatic N) is 3. The van der Waals surface area contributed by atoms with Crippen molar-refractivity contribution in [2.45, 2.75) is 92.4 Å². The summed E-state index contributed by atoms with van der Waals surface area (Å²) in [6.45, 7) is 13.9. The van der Waals surface area contributed by atoms with Crippen molar-refractivity contribution in [3.63, 3.8) is 0 Å². The molecule has 0 unspecified atom stereocenters. The number of aromatic nitrogens is 1. The molecule has 32 heavy (non-hydrogen) atoms. The Labute approximate surface area is 194 Å². The number of hydrogen-bond acceptors (Lipinski definition) is 2. The fraction of sp³-hybridized carbons (Fsp3) is 0.556. The fourth-order valence-corrected chi connectivity index (χ4v) is 3.91. The number of aryl methyl sites for hydroxylation is 1. The van der Waals surface area contributed by atoms with Gasteiger partial charge in [0.15, 0.2) is 0 Å². The lowest BCUT2D eigenvalue weighted by Gasteiger charge is -2.34. The molecule has 2 atom stereocenters. The molecule has 0 aliphatic carbocycles. The zero-order valence-electron chi connectivity index (χ0n) is 20.8. The molecule has 0 fully saturated rings. The summed E-state index contributed by atoms with van der Waals surface area (Å²) >= 11 is 0. The van der Waals surface area contributed by atoms with Crippen LogP contribution in [0, 0.1) is 6.92 Å². The Morgan fingerprint density at radius 1 is 0.906 bits per heavy atom. The minimum Gasteiger partial charge on any atom is -0.345 e. The van der Waals surface area contributed by atoms with Crippen molar-refractivity contribution in [1.82, 2.24) is 14.4 Å². The normalized spacial score (nSPS) is 12.9. The van der Waals surface area contributed by atoms with Crippen molar-refractivity contribution in [3.8, 4) is 0 Å². The number of benzene rings is 1. The highest BCUT2D eigenvalue weighted by molar-refractivity contribution is 5.85. The van der Waals surface area contributed by atoms with Crippen LogP contribution in [0.15, 0.2) is 42.6 Å². The Balaban J connectivity index is 2.22. The Morgan fingerprint density at radius 3 is 2.19 bits per heavy atom. The average Bonchev–Trinajstić information content (AvgIpc) is 3.22. The number of hydrogen-bond donors (Lipinski definition) is 0. The lowest BCUT2D eigenvalue weighted by Crippen LogP contribution is -2.48. The molecule has 1 aromatic carbocycles. The molecule has 0 spiro atoms. The van der Waals surface area contributed by atoms with E-state index in [1.165, 1.54) is 11.1 Å². The van der Waals surface area contributed by atoms with Crippen molar-refractivity contribution in [2.75, 3.05) is 6.54 Å². The van der Waals surface area contributed by atoms with E-state index in [0.29, 0.717) is 13.0 Å².